The van der Waals surface area contributed by atoms with E-state index in [2.05, 4.69) is 4.98 Å². The Hall–Kier alpha value is -1.14. The van der Waals surface area contributed by atoms with E-state index in [-0.39, 0.29) is 11.5 Å². The fraction of sp³-hybridized carbons (Fsp3) is 0.636. The molecule has 1 saturated heterocycles. The zero-order valence-electron chi connectivity index (χ0n) is 10.1. The number of rotatable bonds is 2. The van der Waals surface area contributed by atoms with E-state index in [1.54, 1.807) is 17.4 Å². The molecule has 2 heterocycles. The first-order chi connectivity index (χ1) is 8.04. The third-order valence-electron chi connectivity index (χ3n) is 3.18. The zero-order valence-corrected chi connectivity index (χ0v) is 10.9. The quantitative estimate of drug-likeness (QED) is 0.866. The normalized spacial score (nSPS) is 24.9. The molecule has 0 saturated carbocycles. The predicted molar refractivity (Wildman–Crippen MR) is 67.1 cm³/mol. The van der Waals surface area contributed by atoms with Gasteiger partial charge in [-0.1, -0.05) is 0 Å². The SMILES string of the molecule is COC1(C)CCCN(C(=O)c2csc(N)n2)C1. The minimum atomic E-state index is -0.241. The molecule has 0 radical (unpaired) electrons. The van der Waals surface area contributed by atoms with E-state index in [9.17, 15) is 4.79 Å². The zero-order chi connectivity index (χ0) is 12.5. The van der Waals surface area contributed by atoms with Crippen LogP contribution in [0.4, 0.5) is 5.13 Å². The predicted octanol–water partition coefficient (Wildman–Crippen LogP) is 1.37. The summed E-state index contributed by atoms with van der Waals surface area (Å²) in [5, 5.41) is 2.14. The molecule has 17 heavy (non-hydrogen) atoms. The Labute approximate surface area is 105 Å². The highest BCUT2D eigenvalue weighted by Gasteiger charge is 2.33. The van der Waals surface area contributed by atoms with Crippen LogP contribution in [0.25, 0.3) is 0 Å². The van der Waals surface area contributed by atoms with Crippen LogP contribution < -0.4 is 5.73 Å². The first-order valence-electron chi connectivity index (χ1n) is 5.59. The number of aromatic nitrogens is 1. The van der Waals surface area contributed by atoms with E-state index in [0.29, 0.717) is 17.4 Å². The third kappa shape index (κ3) is 2.58. The molecule has 1 atom stereocenters. The van der Waals surface area contributed by atoms with Gasteiger partial charge in [0.15, 0.2) is 5.13 Å². The molecule has 0 bridgehead atoms. The number of thiazole rings is 1. The number of nitrogen functional groups attached to an aromatic ring is 1. The molecule has 1 fully saturated rings. The van der Waals surface area contributed by atoms with Crippen molar-refractivity contribution >= 4 is 22.4 Å². The van der Waals surface area contributed by atoms with Crippen molar-refractivity contribution in [3.8, 4) is 0 Å². The van der Waals surface area contributed by atoms with Crippen molar-refractivity contribution < 1.29 is 9.53 Å². The molecule has 2 N–H and O–H groups in total. The van der Waals surface area contributed by atoms with E-state index in [0.717, 1.165) is 19.4 Å². The lowest BCUT2D eigenvalue weighted by Crippen LogP contribution is -2.49. The van der Waals surface area contributed by atoms with Gasteiger partial charge in [-0.25, -0.2) is 4.98 Å². The average molecular weight is 255 g/mol. The minimum Gasteiger partial charge on any atom is -0.377 e. The lowest BCUT2D eigenvalue weighted by atomic mass is 9.94. The van der Waals surface area contributed by atoms with Gasteiger partial charge in [-0.3, -0.25) is 4.79 Å². The number of hydrogen-bond donors (Lipinski definition) is 1. The van der Waals surface area contributed by atoms with Crippen LogP contribution >= 0.6 is 11.3 Å². The summed E-state index contributed by atoms with van der Waals surface area (Å²) >= 11 is 1.29. The van der Waals surface area contributed by atoms with Crippen LogP contribution in [0.1, 0.15) is 30.3 Å². The smallest absolute Gasteiger partial charge is 0.273 e. The summed E-state index contributed by atoms with van der Waals surface area (Å²) in [5.41, 5.74) is 5.73. The number of methoxy groups -OCH3 is 1. The molecule has 94 valence electrons. The van der Waals surface area contributed by atoms with Crippen LogP contribution in [0, 0.1) is 0 Å². The molecular weight excluding hydrogens is 238 g/mol. The molecule has 1 aliphatic heterocycles. The van der Waals surface area contributed by atoms with Crippen LogP contribution in [0.15, 0.2) is 5.38 Å². The molecule has 5 nitrogen and oxygen atoms in total. The Morgan fingerprint density at radius 3 is 3.06 bits per heavy atom. The topological polar surface area (TPSA) is 68.5 Å². The van der Waals surface area contributed by atoms with Crippen molar-refractivity contribution in [3.05, 3.63) is 11.1 Å². The second kappa shape index (κ2) is 4.62. The van der Waals surface area contributed by atoms with Gasteiger partial charge in [-0.05, 0) is 19.8 Å². The monoisotopic (exact) mass is 255 g/mol. The van der Waals surface area contributed by atoms with Gasteiger partial charge in [0, 0.05) is 25.6 Å². The maximum absolute atomic E-state index is 12.2. The van der Waals surface area contributed by atoms with Crippen molar-refractivity contribution in [3.63, 3.8) is 0 Å². The maximum atomic E-state index is 12.2. The number of hydrogen-bond acceptors (Lipinski definition) is 5. The second-order valence-electron chi connectivity index (χ2n) is 4.56. The Kier molecular flexibility index (Phi) is 3.35. The van der Waals surface area contributed by atoms with Crippen molar-refractivity contribution in [2.45, 2.75) is 25.4 Å². The van der Waals surface area contributed by atoms with Gasteiger partial charge < -0.3 is 15.4 Å². The Balaban J connectivity index is 2.10. The maximum Gasteiger partial charge on any atom is 0.273 e. The molecule has 2 rings (SSSR count). The second-order valence-corrected chi connectivity index (χ2v) is 5.44. The van der Waals surface area contributed by atoms with Gasteiger partial charge in [-0.15, -0.1) is 11.3 Å². The Bertz CT molecular complexity index is 421. The first kappa shape index (κ1) is 12.3. The molecule has 1 aromatic rings. The van der Waals surface area contributed by atoms with E-state index in [1.807, 2.05) is 6.92 Å². The molecule has 1 unspecified atom stereocenters. The number of ether oxygens (including phenoxy) is 1. The number of likely N-dealkylation sites (tertiary alicyclic amines) is 1. The molecule has 0 aliphatic carbocycles. The van der Waals surface area contributed by atoms with E-state index in [4.69, 9.17) is 10.5 Å². The lowest BCUT2D eigenvalue weighted by molar-refractivity contribution is -0.0441. The summed E-state index contributed by atoms with van der Waals surface area (Å²) in [7, 11) is 1.69. The van der Waals surface area contributed by atoms with Gasteiger partial charge in [0.25, 0.3) is 5.91 Å². The van der Waals surface area contributed by atoms with Crippen molar-refractivity contribution in [1.29, 1.82) is 0 Å². The van der Waals surface area contributed by atoms with Crippen LogP contribution in [-0.2, 0) is 4.74 Å². The fourth-order valence-electron chi connectivity index (χ4n) is 2.09. The number of piperidine rings is 1. The van der Waals surface area contributed by atoms with Crippen LogP contribution in [0.5, 0.6) is 0 Å². The largest absolute Gasteiger partial charge is 0.377 e. The van der Waals surface area contributed by atoms with Gasteiger partial charge >= 0.3 is 0 Å². The highest BCUT2D eigenvalue weighted by molar-refractivity contribution is 7.13. The summed E-state index contributed by atoms with van der Waals surface area (Å²) in [6.07, 6.45) is 1.93. The molecule has 1 aromatic heterocycles. The van der Waals surface area contributed by atoms with Crippen molar-refractivity contribution in [2.24, 2.45) is 0 Å². The molecule has 1 aliphatic rings. The number of nitrogens with two attached hydrogens (primary N) is 1. The lowest BCUT2D eigenvalue weighted by Gasteiger charge is -2.39. The first-order valence-corrected chi connectivity index (χ1v) is 6.47. The number of amides is 1. The fourth-order valence-corrected chi connectivity index (χ4v) is 2.63. The van der Waals surface area contributed by atoms with E-state index < -0.39 is 0 Å². The Morgan fingerprint density at radius 1 is 1.71 bits per heavy atom. The number of carbonyl (C=O) groups is 1. The average Bonchev–Trinajstić information content (AvgIpc) is 2.75. The molecule has 0 aromatic carbocycles. The summed E-state index contributed by atoms with van der Waals surface area (Å²) in [6, 6.07) is 0. The Morgan fingerprint density at radius 2 is 2.47 bits per heavy atom. The number of nitrogens with zero attached hydrogens (tertiary/aromatic N) is 2. The molecule has 1 amide bonds. The van der Waals surface area contributed by atoms with Crippen LogP contribution in [0.3, 0.4) is 0 Å². The van der Waals surface area contributed by atoms with Crippen molar-refractivity contribution in [2.75, 3.05) is 25.9 Å². The molecule has 6 heteroatoms. The van der Waals surface area contributed by atoms with Gasteiger partial charge in [0.05, 0.1) is 5.60 Å². The number of carbonyl (C=O) groups excluding carboxylic acids is 1. The molecule has 0 spiro atoms. The van der Waals surface area contributed by atoms with Gasteiger partial charge in [0.2, 0.25) is 0 Å². The van der Waals surface area contributed by atoms with E-state index >= 15 is 0 Å². The summed E-state index contributed by atoms with van der Waals surface area (Å²) in [5.74, 6) is -0.0547. The standard InChI is InChI=1S/C11H17N3O2S/c1-11(16-2)4-3-5-14(7-11)9(15)8-6-17-10(12)13-8/h6H,3-5,7H2,1-2H3,(H2,12,13). The van der Waals surface area contributed by atoms with Crippen LogP contribution in [0.2, 0.25) is 0 Å². The van der Waals surface area contributed by atoms with Crippen LogP contribution in [-0.4, -0.2) is 41.6 Å². The van der Waals surface area contributed by atoms with Crippen molar-refractivity contribution in [1.82, 2.24) is 9.88 Å². The highest BCUT2D eigenvalue weighted by Crippen LogP contribution is 2.25. The van der Waals surface area contributed by atoms with Gasteiger partial charge in [-0.2, -0.15) is 0 Å². The third-order valence-corrected chi connectivity index (χ3v) is 3.85. The summed E-state index contributed by atoms with van der Waals surface area (Å²) < 4.78 is 5.46. The minimum absolute atomic E-state index is 0.0547. The van der Waals surface area contributed by atoms with E-state index in [1.165, 1.54) is 11.3 Å². The van der Waals surface area contributed by atoms with Gasteiger partial charge in [0.1, 0.15) is 5.69 Å². The highest BCUT2D eigenvalue weighted by atomic mass is 32.1. The number of anilines is 1. The summed E-state index contributed by atoms with van der Waals surface area (Å²) in [6.45, 7) is 3.40. The summed E-state index contributed by atoms with van der Waals surface area (Å²) in [4.78, 5) is 18.0. The molecular formula is C11H17N3O2S.